The van der Waals surface area contributed by atoms with Crippen LogP contribution in [0.25, 0.3) is 0 Å². The van der Waals surface area contributed by atoms with Gasteiger partial charge in [0.25, 0.3) is 0 Å². The van der Waals surface area contributed by atoms with Gasteiger partial charge in [-0.25, -0.2) is 4.39 Å². The second-order valence-corrected chi connectivity index (χ2v) is 5.36. The monoisotopic (exact) mass is 280 g/mol. The lowest BCUT2D eigenvalue weighted by molar-refractivity contribution is 0.627. The largest absolute Gasteiger partial charge is 0.389 e. The number of hydrogen-bond donors (Lipinski definition) is 2. The molecule has 0 amide bonds. The molecule has 0 radical (unpaired) electrons. The molecule has 1 heterocycles. The fourth-order valence-electron chi connectivity index (χ4n) is 1.63. The van der Waals surface area contributed by atoms with Crippen LogP contribution in [-0.2, 0) is 0 Å². The van der Waals surface area contributed by atoms with Crippen LogP contribution in [0.15, 0.2) is 35.7 Å². The maximum absolute atomic E-state index is 13.8. The molecule has 18 heavy (non-hydrogen) atoms. The van der Waals surface area contributed by atoms with E-state index >= 15 is 0 Å². The minimum Gasteiger partial charge on any atom is -0.389 e. The molecule has 2 aromatic rings. The lowest BCUT2D eigenvalue weighted by atomic mass is 10.1. The topological polar surface area (TPSA) is 38.0 Å². The van der Waals surface area contributed by atoms with E-state index in [9.17, 15) is 4.39 Å². The lowest BCUT2D eigenvalue weighted by Gasteiger charge is -2.14. The molecule has 1 unspecified atom stereocenters. The first kappa shape index (κ1) is 13.0. The molecule has 1 atom stereocenters. The first-order valence-corrected chi connectivity index (χ1v) is 6.76. The van der Waals surface area contributed by atoms with Gasteiger partial charge in [-0.3, -0.25) is 0 Å². The predicted octanol–water partition coefficient (Wildman–Crippen LogP) is 3.69. The van der Waals surface area contributed by atoms with Gasteiger partial charge >= 0.3 is 0 Å². The Hall–Kier alpha value is -1.46. The van der Waals surface area contributed by atoms with E-state index < -0.39 is 0 Å². The minimum absolute atomic E-state index is 0.0650. The molecule has 0 aliphatic carbocycles. The van der Waals surface area contributed by atoms with Gasteiger partial charge in [0, 0.05) is 10.4 Å². The number of nitrogens with two attached hydrogens (primary N) is 1. The zero-order valence-electron chi connectivity index (χ0n) is 9.81. The van der Waals surface area contributed by atoms with Crippen molar-refractivity contribution in [2.75, 3.05) is 5.32 Å². The lowest BCUT2D eigenvalue weighted by Crippen LogP contribution is -2.11. The zero-order valence-corrected chi connectivity index (χ0v) is 11.4. The van der Waals surface area contributed by atoms with Gasteiger partial charge in [0.2, 0.25) is 0 Å². The van der Waals surface area contributed by atoms with Crippen molar-refractivity contribution in [2.45, 2.75) is 13.0 Å². The average Bonchev–Trinajstić information content (AvgIpc) is 2.85. The van der Waals surface area contributed by atoms with Crippen LogP contribution in [-0.4, -0.2) is 4.99 Å². The first-order chi connectivity index (χ1) is 8.58. The van der Waals surface area contributed by atoms with E-state index in [1.807, 2.05) is 24.4 Å². The molecule has 0 bridgehead atoms. The molecule has 0 saturated carbocycles. The number of thiophene rings is 1. The van der Waals surface area contributed by atoms with Crippen molar-refractivity contribution in [2.24, 2.45) is 5.73 Å². The summed E-state index contributed by atoms with van der Waals surface area (Å²) in [6.45, 7) is 1.99. The highest BCUT2D eigenvalue weighted by atomic mass is 32.1. The number of rotatable bonds is 4. The van der Waals surface area contributed by atoms with E-state index in [0.29, 0.717) is 11.3 Å². The van der Waals surface area contributed by atoms with Crippen LogP contribution in [0.5, 0.6) is 0 Å². The second kappa shape index (κ2) is 5.46. The van der Waals surface area contributed by atoms with Crippen LogP contribution in [0.3, 0.4) is 0 Å². The Bertz CT molecular complexity index is 552. The summed E-state index contributed by atoms with van der Waals surface area (Å²) in [4.78, 5) is 1.36. The number of thiocarbonyl (C=S) groups is 1. The van der Waals surface area contributed by atoms with Crippen molar-refractivity contribution < 1.29 is 4.39 Å². The van der Waals surface area contributed by atoms with Crippen LogP contribution in [0.2, 0.25) is 0 Å². The Morgan fingerprint density at radius 3 is 2.78 bits per heavy atom. The molecule has 0 spiro atoms. The van der Waals surface area contributed by atoms with Gasteiger partial charge in [0.1, 0.15) is 10.8 Å². The third-order valence-electron chi connectivity index (χ3n) is 2.60. The van der Waals surface area contributed by atoms with Crippen molar-refractivity contribution in [1.29, 1.82) is 0 Å². The predicted molar refractivity (Wildman–Crippen MR) is 78.6 cm³/mol. The molecule has 2 nitrogen and oxygen atoms in total. The average molecular weight is 280 g/mol. The summed E-state index contributed by atoms with van der Waals surface area (Å²) in [6, 6.07) is 8.79. The van der Waals surface area contributed by atoms with Crippen molar-refractivity contribution in [3.8, 4) is 0 Å². The fourth-order valence-corrected chi connectivity index (χ4v) is 2.49. The summed E-state index contributed by atoms with van der Waals surface area (Å²) in [7, 11) is 0. The highest BCUT2D eigenvalue weighted by molar-refractivity contribution is 7.80. The zero-order chi connectivity index (χ0) is 13.1. The molecule has 1 aromatic carbocycles. The normalized spacial score (nSPS) is 12.1. The maximum atomic E-state index is 13.8. The number of halogens is 1. The molecule has 0 saturated heterocycles. The third-order valence-corrected chi connectivity index (χ3v) is 3.89. The molecule has 2 rings (SSSR count). The van der Waals surface area contributed by atoms with Crippen LogP contribution in [0.1, 0.15) is 23.4 Å². The summed E-state index contributed by atoms with van der Waals surface area (Å²) in [5.74, 6) is -0.344. The molecule has 94 valence electrons. The van der Waals surface area contributed by atoms with Gasteiger partial charge in [0.15, 0.2) is 0 Å². The summed E-state index contributed by atoms with van der Waals surface area (Å²) >= 11 is 6.45. The van der Waals surface area contributed by atoms with Crippen LogP contribution in [0.4, 0.5) is 10.1 Å². The van der Waals surface area contributed by atoms with E-state index in [2.05, 4.69) is 5.32 Å². The quantitative estimate of drug-likeness (QED) is 0.839. The van der Waals surface area contributed by atoms with Crippen LogP contribution in [0, 0.1) is 5.82 Å². The van der Waals surface area contributed by atoms with E-state index in [0.717, 1.165) is 4.88 Å². The number of anilines is 1. The van der Waals surface area contributed by atoms with Gasteiger partial charge in [-0.2, -0.15) is 0 Å². The molecular weight excluding hydrogens is 267 g/mol. The van der Waals surface area contributed by atoms with Gasteiger partial charge in [0.05, 0.1) is 11.7 Å². The van der Waals surface area contributed by atoms with Gasteiger partial charge in [-0.15, -0.1) is 11.3 Å². The Morgan fingerprint density at radius 2 is 2.22 bits per heavy atom. The highest BCUT2D eigenvalue weighted by Crippen LogP contribution is 2.25. The van der Waals surface area contributed by atoms with E-state index in [1.54, 1.807) is 23.5 Å². The SMILES string of the molecule is CC(Nc1ccc(C(N)=S)cc1F)c1cccs1. The molecule has 1 aromatic heterocycles. The van der Waals surface area contributed by atoms with Gasteiger partial charge < -0.3 is 11.1 Å². The number of nitrogens with one attached hydrogen (secondary N) is 1. The van der Waals surface area contributed by atoms with E-state index in [4.69, 9.17) is 18.0 Å². The standard InChI is InChI=1S/C13H13FN2S2/c1-8(12-3-2-6-18-12)16-11-5-4-9(13(15)17)7-10(11)14/h2-8,16H,1H3,(H2,15,17). The maximum Gasteiger partial charge on any atom is 0.147 e. The highest BCUT2D eigenvalue weighted by Gasteiger charge is 2.10. The van der Waals surface area contributed by atoms with Crippen molar-refractivity contribution in [3.05, 3.63) is 52.0 Å². The van der Waals surface area contributed by atoms with E-state index in [1.165, 1.54) is 6.07 Å². The molecule has 5 heteroatoms. The minimum atomic E-state index is -0.344. The molecule has 0 fully saturated rings. The molecular formula is C13H13FN2S2. The van der Waals surface area contributed by atoms with Crippen molar-refractivity contribution in [1.82, 2.24) is 0 Å². The first-order valence-electron chi connectivity index (χ1n) is 5.47. The Kier molecular flexibility index (Phi) is 3.93. The summed E-state index contributed by atoms with van der Waals surface area (Å²) in [5, 5.41) is 5.13. The summed E-state index contributed by atoms with van der Waals surface area (Å²) in [5.41, 5.74) is 6.45. The fraction of sp³-hybridized carbons (Fsp3) is 0.154. The van der Waals surface area contributed by atoms with Crippen molar-refractivity contribution in [3.63, 3.8) is 0 Å². The Balaban J connectivity index is 2.17. The Labute approximate surface area is 115 Å². The molecule has 0 aliphatic rings. The molecule has 0 aliphatic heterocycles. The van der Waals surface area contributed by atoms with Gasteiger partial charge in [-0.05, 0) is 36.6 Å². The number of hydrogen-bond acceptors (Lipinski definition) is 3. The smallest absolute Gasteiger partial charge is 0.147 e. The molecule has 3 N–H and O–H groups in total. The van der Waals surface area contributed by atoms with Crippen LogP contribution >= 0.6 is 23.6 Å². The second-order valence-electron chi connectivity index (χ2n) is 3.94. The number of benzene rings is 1. The summed E-state index contributed by atoms with van der Waals surface area (Å²) < 4.78 is 13.8. The Morgan fingerprint density at radius 1 is 1.44 bits per heavy atom. The third kappa shape index (κ3) is 2.86. The van der Waals surface area contributed by atoms with Crippen LogP contribution < -0.4 is 11.1 Å². The van der Waals surface area contributed by atoms with Crippen molar-refractivity contribution >= 4 is 34.2 Å². The van der Waals surface area contributed by atoms with Gasteiger partial charge in [-0.1, -0.05) is 18.3 Å². The van der Waals surface area contributed by atoms with E-state index in [-0.39, 0.29) is 16.8 Å². The summed E-state index contributed by atoms with van der Waals surface area (Å²) in [6.07, 6.45) is 0.